The van der Waals surface area contributed by atoms with Gasteiger partial charge in [0.15, 0.2) is 0 Å². The second-order valence-electron chi connectivity index (χ2n) is 3.31. The minimum absolute atomic E-state index is 0.0698. The molecule has 0 fully saturated rings. The van der Waals surface area contributed by atoms with Gasteiger partial charge < -0.3 is 0 Å². The van der Waals surface area contributed by atoms with E-state index in [1.54, 1.807) is 10.9 Å². The molecule has 0 spiro atoms. The van der Waals surface area contributed by atoms with Crippen molar-refractivity contribution in [3.63, 3.8) is 0 Å². The molecule has 0 aliphatic rings. The van der Waals surface area contributed by atoms with Crippen LogP contribution in [0.1, 0.15) is 12.8 Å². The van der Waals surface area contributed by atoms with E-state index in [1.807, 2.05) is 11.4 Å². The normalized spacial score (nSPS) is 11.0. The molecule has 3 nitrogen and oxygen atoms in total. The number of hydrogen-bond donors (Lipinski definition) is 1. The summed E-state index contributed by atoms with van der Waals surface area (Å²) in [5, 5.41) is 2.63. The highest BCUT2D eigenvalue weighted by Crippen LogP contribution is 2.13. The third-order valence-corrected chi connectivity index (χ3v) is 3.39. The van der Waals surface area contributed by atoms with Crippen molar-refractivity contribution in [1.29, 1.82) is 0 Å². The van der Waals surface area contributed by atoms with Gasteiger partial charge in [0.25, 0.3) is 5.56 Å². The Kier molecular flexibility index (Phi) is 3.43. The zero-order valence-electron chi connectivity index (χ0n) is 8.22. The summed E-state index contributed by atoms with van der Waals surface area (Å²) in [6.07, 6.45) is 3.64. The van der Waals surface area contributed by atoms with Crippen LogP contribution in [0, 0.1) is 0 Å². The molecule has 2 rings (SSSR count). The Morgan fingerprint density at radius 1 is 1.47 bits per heavy atom. The van der Waals surface area contributed by atoms with Crippen molar-refractivity contribution in [3.05, 3.63) is 28.1 Å². The Morgan fingerprint density at radius 3 is 3.13 bits per heavy atom. The number of aromatic nitrogens is 2. The number of hydrogen-bond acceptors (Lipinski definition) is 4. The fraction of sp³-hybridized carbons (Fsp3) is 0.400. The molecule has 0 saturated heterocycles. The van der Waals surface area contributed by atoms with Gasteiger partial charge in [0.1, 0.15) is 4.83 Å². The van der Waals surface area contributed by atoms with Gasteiger partial charge in [-0.15, -0.1) is 11.3 Å². The first-order valence-corrected chi connectivity index (χ1v) is 6.37. The summed E-state index contributed by atoms with van der Waals surface area (Å²) in [6.45, 7) is 0.734. The average Bonchev–Trinajstić information content (AvgIpc) is 2.70. The van der Waals surface area contributed by atoms with E-state index in [1.165, 1.54) is 11.3 Å². The second-order valence-corrected chi connectivity index (χ2v) is 4.66. The van der Waals surface area contributed by atoms with Crippen LogP contribution in [0.3, 0.4) is 0 Å². The van der Waals surface area contributed by atoms with Gasteiger partial charge in [0.05, 0.1) is 11.7 Å². The SMILES string of the molecule is O=c1c2ccsc2ncn1CCCCS. The minimum atomic E-state index is 0.0698. The van der Waals surface area contributed by atoms with Crippen LogP contribution in [0.25, 0.3) is 10.2 Å². The molecule has 0 saturated carbocycles. The molecule has 2 heterocycles. The summed E-state index contributed by atoms with van der Waals surface area (Å²) >= 11 is 5.64. The zero-order valence-corrected chi connectivity index (χ0v) is 9.93. The number of nitrogens with zero attached hydrogens (tertiary/aromatic N) is 2. The summed E-state index contributed by atoms with van der Waals surface area (Å²) in [6, 6.07) is 1.84. The van der Waals surface area contributed by atoms with Gasteiger partial charge in [-0.25, -0.2) is 4.98 Å². The number of fused-ring (bicyclic) bond motifs is 1. The highest BCUT2D eigenvalue weighted by atomic mass is 32.1. The number of thiophene rings is 1. The predicted molar refractivity (Wildman–Crippen MR) is 67.0 cm³/mol. The van der Waals surface area contributed by atoms with Crippen LogP contribution in [-0.4, -0.2) is 15.3 Å². The Labute approximate surface area is 97.2 Å². The molecule has 0 aromatic carbocycles. The lowest BCUT2D eigenvalue weighted by Gasteiger charge is -2.03. The average molecular weight is 240 g/mol. The molecule has 80 valence electrons. The van der Waals surface area contributed by atoms with Crippen molar-refractivity contribution in [1.82, 2.24) is 9.55 Å². The quantitative estimate of drug-likeness (QED) is 0.656. The van der Waals surface area contributed by atoms with E-state index in [9.17, 15) is 4.79 Å². The molecule has 2 aromatic rings. The number of unbranched alkanes of at least 4 members (excludes halogenated alkanes) is 1. The highest BCUT2D eigenvalue weighted by Gasteiger charge is 2.03. The maximum Gasteiger partial charge on any atom is 0.262 e. The molecule has 0 unspecified atom stereocenters. The third-order valence-electron chi connectivity index (χ3n) is 2.26. The monoisotopic (exact) mass is 240 g/mol. The molecule has 0 aliphatic carbocycles. The molecule has 2 aromatic heterocycles. The van der Waals surface area contributed by atoms with E-state index in [2.05, 4.69) is 17.6 Å². The Balaban J connectivity index is 2.28. The Hall–Kier alpha value is -0.810. The van der Waals surface area contributed by atoms with Crippen molar-refractivity contribution in [2.45, 2.75) is 19.4 Å². The number of aryl methyl sites for hydroxylation is 1. The lowest BCUT2D eigenvalue weighted by molar-refractivity contribution is 0.612. The van der Waals surface area contributed by atoms with Gasteiger partial charge >= 0.3 is 0 Å². The lowest BCUT2D eigenvalue weighted by Crippen LogP contribution is -2.19. The van der Waals surface area contributed by atoms with Crippen molar-refractivity contribution in [3.8, 4) is 0 Å². The fourth-order valence-electron chi connectivity index (χ4n) is 1.45. The van der Waals surface area contributed by atoms with Crippen molar-refractivity contribution < 1.29 is 0 Å². The van der Waals surface area contributed by atoms with E-state index in [-0.39, 0.29) is 5.56 Å². The van der Waals surface area contributed by atoms with Crippen LogP contribution in [0.15, 0.2) is 22.6 Å². The molecule has 0 bridgehead atoms. The largest absolute Gasteiger partial charge is 0.299 e. The molecular weight excluding hydrogens is 228 g/mol. The molecule has 0 amide bonds. The van der Waals surface area contributed by atoms with E-state index < -0.39 is 0 Å². The molecular formula is C10H12N2OS2. The van der Waals surface area contributed by atoms with E-state index >= 15 is 0 Å². The molecule has 0 aliphatic heterocycles. The van der Waals surface area contributed by atoms with Crippen LogP contribution >= 0.6 is 24.0 Å². The third kappa shape index (κ3) is 2.23. The summed E-state index contributed by atoms with van der Waals surface area (Å²) < 4.78 is 1.68. The predicted octanol–water partition coefficient (Wildman–Crippen LogP) is 2.17. The van der Waals surface area contributed by atoms with E-state index in [4.69, 9.17) is 0 Å². The van der Waals surface area contributed by atoms with Gasteiger partial charge in [-0.05, 0) is 30.0 Å². The topological polar surface area (TPSA) is 34.9 Å². The minimum Gasteiger partial charge on any atom is -0.299 e. The summed E-state index contributed by atoms with van der Waals surface area (Å²) in [7, 11) is 0. The summed E-state index contributed by atoms with van der Waals surface area (Å²) in [4.78, 5) is 17.0. The van der Waals surface area contributed by atoms with Gasteiger partial charge in [-0.2, -0.15) is 12.6 Å². The first-order valence-electron chi connectivity index (χ1n) is 4.86. The first-order chi connectivity index (χ1) is 7.33. The summed E-state index contributed by atoms with van der Waals surface area (Å²) in [5.74, 6) is 0.864. The maximum atomic E-state index is 11.9. The van der Waals surface area contributed by atoms with E-state index in [0.717, 1.165) is 35.4 Å². The van der Waals surface area contributed by atoms with Crippen LogP contribution in [0.5, 0.6) is 0 Å². The van der Waals surface area contributed by atoms with Crippen LogP contribution in [0.2, 0.25) is 0 Å². The van der Waals surface area contributed by atoms with E-state index in [0.29, 0.717) is 0 Å². The van der Waals surface area contributed by atoms with Crippen LogP contribution in [0.4, 0.5) is 0 Å². The first kappa shape index (κ1) is 10.7. The lowest BCUT2D eigenvalue weighted by atomic mass is 10.3. The van der Waals surface area contributed by atoms with Crippen LogP contribution in [-0.2, 0) is 6.54 Å². The van der Waals surface area contributed by atoms with Gasteiger partial charge in [0, 0.05) is 6.54 Å². The number of thiol groups is 1. The van der Waals surface area contributed by atoms with Crippen LogP contribution < -0.4 is 5.56 Å². The smallest absolute Gasteiger partial charge is 0.262 e. The molecule has 0 radical (unpaired) electrons. The van der Waals surface area contributed by atoms with Crippen molar-refractivity contribution >= 4 is 34.2 Å². The molecule has 15 heavy (non-hydrogen) atoms. The van der Waals surface area contributed by atoms with Gasteiger partial charge in [-0.3, -0.25) is 9.36 Å². The zero-order chi connectivity index (χ0) is 10.7. The molecule has 5 heteroatoms. The van der Waals surface area contributed by atoms with Gasteiger partial charge in [0.2, 0.25) is 0 Å². The Morgan fingerprint density at radius 2 is 2.33 bits per heavy atom. The number of rotatable bonds is 4. The molecule has 0 N–H and O–H groups in total. The van der Waals surface area contributed by atoms with Crippen molar-refractivity contribution in [2.75, 3.05) is 5.75 Å². The fourth-order valence-corrected chi connectivity index (χ4v) is 2.39. The van der Waals surface area contributed by atoms with Gasteiger partial charge in [-0.1, -0.05) is 0 Å². The standard InChI is InChI=1S/C10H12N2OS2/c13-10-8-3-6-15-9(8)11-7-12(10)4-1-2-5-14/h3,6-7,14H,1-2,4-5H2. The molecule has 0 atom stereocenters. The summed E-state index contributed by atoms with van der Waals surface area (Å²) in [5.41, 5.74) is 0.0698. The van der Waals surface area contributed by atoms with Crippen molar-refractivity contribution in [2.24, 2.45) is 0 Å². The Bertz CT molecular complexity index is 503. The second kappa shape index (κ2) is 4.81. The highest BCUT2D eigenvalue weighted by molar-refractivity contribution is 7.80. The maximum absolute atomic E-state index is 11.9.